The third-order valence-electron chi connectivity index (χ3n) is 2.37. The Balaban J connectivity index is 2.42. The van der Waals surface area contributed by atoms with Gasteiger partial charge in [0.15, 0.2) is 0 Å². The standard InChI is InChI=1S/C10H18N2O2/c1-8(2)3-5-12-6-4-9(13)11-7-10(12)14/h8H,3-7H2,1-2H3,(H,11,13). The van der Waals surface area contributed by atoms with Gasteiger partial charge < -0.3 is 10.2 Å². The molecule has 1 rings (SSSR count). The maximum atomic E-state index is 11.5. The van der Waals surface area contributed by atoms with Crippen LogP contribution < -0.4 is 5.32 Å². The normalized spacial score (nSPS) is 18.4. The average molecular weight is 198 g/mol. The molecule has 1 fully saturated rings. The summed E-state index contributed by atoms with van der Waals surface area (Å²) in [6.45, 7) is 5.76. The molecule has 2 amide bonds. The summed E-state index contributed by atoms with van der Waals surface area (Å²) in [5.41, 5.74) is 0. The van der Waals surface area contributed by atoms with Crippen LogP contribution in [0.3, 0.4) is 0 Å². The van der Waals surface area contributed by atoms with Crippen LogP contribution >= 0.6 is 0 Å². The van der Waals surface area contributed by atoms with Gasteiger partial charge in [-0.1, -0.05) is 13.8 Å². The van der Waals surface area contributed by atoms with E-state index in [0.29, 0.717) is 18.9 Å². The topological polar surface area (TPSA) is 49.4 Å². The van der Waals surface area contributed by atoms with E-state index >= 15 is 0 Å². The largest absolute Gasteiger partial charge is 0.347 e. The molecular weight excluding hydrogens is 180 g/mol. The van der Waals surface area contributed by atoms with Crippen LogP contribution in [0.4, 0.5) is 0 Å². The monoisotopic (exact) mass is 198 g/mol. The van der Waals surface area contributed by atoms with E-state index in [1.807, 2.05) is 0 Å². The van der Waals surface area contributed by atoms with Crippen LogP contribution in [0, 0.1) is 5.92 Å². The van der Waals surface area contributed by atoms with Gasteiger partial charge in [-0.25, -0.2) is 0 Å². The van der Waals surface area contributed by atoms with Crippen LogP contribution in [0.15, 0.2) is 0 Å². The maximum Gasteiger partial charge on any atom is 0.241 e. The van der Waals surface area contributed by atoms with Crippen LogP contribution in [0.25, 0.3) is 0 Å². The van der Waals surface area contributed by atoms with E-state index in [0.717, 1.165) is 13.0 Å². The van der Waals surface area contributed by atoms with E-state index in [1.165, 1.54) is 0 Å². The smallest absolute Gasteiger partial charge is 0.241 e. The highest BCUT2D eigenvalue weighted by Crippen LogP contribution is 2.04. The highest BCUT2D eigenvalue weighted by atomic mass is 16.2. The van der Waals surface area contributed by atoms with Crippen molar-refractivity contribution in [3.8, 4) is 0 Å². The molecule has 0 aromatic heterocycles. The number of nitrogens with one attached hydrogen (secondary N) is 1. The molecular formula is C10H18N2O2. The lowest BCUT2D eigenvalue weighted by Gasteiger charge is -2.20. The Morgan fingerprint density at radius 1 is 1.43 bits per heavy atom. The van der Waals surface area contributed by atoms with Crippen molar-refractivity contribution < 1.29 is 9.59 Å². The molecule has 1 aliphatic rings. The third kappa shape index (κ3) is 3.36. The molecule has 1 N–H and O–H groups in total. The molecule has 0 radical (unpaired) electrons. The summed E-state index contributed by atoms with van der Waals surface area (Å²) in [7, 11) is 0. The lowest BCUT2D eigenvalue weighted by Crippen LogP contribution is -2.36. The first-order valence-electron chi connectivity index (χ1n) is 5.14. The lowest BCUT2D eigenvalue weighted by molar-refractivity contribution is -0.130. The van der Waals surface area contributed by atoms with Crippen LogP contribution in [0.2, 0.25) is 0 Å². The van der Waals surface area contributed by atoms with Gasteiger partial charge in [0.05, 0.1) is 6.54 Å². The Hall–Kier alpha value is -1.06. The zero-order chi connectivity index (χ0) is 10.6. The Morgan fingerprint density at radius 3 is 2.79 bits per heavy atom. The molecule has 14 heavy (non-hydrogen) atoms. The molecule has 1 aliphatic heterocycles. The summed E-state index contributed by atoms with van der Waals surface area (Å²) in [5.74, 6) is 0.608. The number of carbonyl (C=O) groups excluding carboxylic acids is 2. The molecule has 0 aliphatic carbocycles. The molecule has 0 spiro atoms. The Kier molecular flexibility index (Phi) is 3.92. The molecule has 4 nitrogen and oxygen atoms in total. The van der Waals surface area contributed by atoms with Crippen molar-refractivity contribution in [1.29, 1.82) is 0 Å². The van der Waals surface area contributed by atoms with Gasteiger partial charge in [0.25, 0.3) is 0 Å². The number of carbonyl (C=O) groups is 2. The van der Waals surface area contributed by atoms with Gasteiger partial charge in [-0.05, 0) is 12.3 Å². The second-order valence-electron chi connectivity index (χ2n) is 4.09. The summed E-state index contributed by atoms with van der Waals surface area (Å²) in [5, 5.41) is 2.58. The van der Waals surface area contributed by atoms with Gasteiger partial charge in [0, 0.05) is 19.5 Å². The van der Waals surface area contributed by atoms with E-state index in [-0.39, 0.29) is 18.4 Å². The number of rotatable bonds is 3. The molecule has 0 atom stereocenters. The zero-order valence-corrected chi connectivity index (χ0v) is 8.88. The Morgan fingerprint density at radius 2 is 2.14 bits per heavy atom. The number of hydrogen-bond donors (Lipinski definition) is 1. The second kappa shape index (κ2) is 4.98. The SMILES string of the molecule is CC(C)CCN1CCC(=O)NCC1=O. The minimum Gasteiger partial charge on any atom is -0.347 e. The molecule has 80 valence electrons. The van der Waals surface area contributed by atoms with E-state index < -0.39 is 0 Å². The van der Waals surface area contributed by atoms with Crippen LogP contribution in [0.5, 0.6) is 0 Å². The maximum absolute atomic E-state index is 11.5. The second-order valence-corrected chi connectivity index (χ2v) is 4.09. The quantitative estimate of drug-likeness (QED) is 0.712. The van der Waals surface area contributed by atoms with Gasteiger partial charge in [-0.2, -0.15) is 0 Å². The highest BCUT2D eigenvalue weighted by Gasteiger charge is 2.19. The Labute approximate surface area is 84.7 Å². The highest BCUT2D eigenvalue weighted by molar-refractivity contribution is 5.87. The van der Waals surface area contributed by atoms with Crippen molar-refractivity contribution in [2.45, 2.75) is 26.7 Å². The molecule has 4 heteroatoms. The van der Waals surface area contributed by atoms with Crippen molar-refractivity contribution in [2.75, 3.05) is 19.6 Å². The Bertz CT molecular complexity index is 226. The zero-order valence-electron chi connectivity index (χ0n) is 8.88. The molecule has 0 aromatic rings. The lowest BCUT2D eigenvalue weighted by atomic mass is 10.1. The molecule has 0 bridgehead atoms. The van der Waals surface area contributed by atoms with Crippen molar-refractivity contribution in [3.63, 3.8) is 0 Å². The first-order valence-corrected chi connectivity index (χ1v) is 5.14. The van der Waals surface area contributed by atoms with Crippen molar-refractivity contribution in [3.05, 3.63) is 0 Å². The fourth-order valence-corrected chi connectivity index (χ4v) is 1.39. The summed E-state index contributed by atoms with van der Waals surface area (Å²) in [4.78, 5) is 24.3. The molecule has 0 unspecified atom stereocenters. The number of nitrogens with zero attached hydrogens (tertiary/aromatic N) is 1. The van der Waals surface area contributed by atoms with Crippen molar-refractivity contribution in [2.24, 2.45) is 5.92 Å². The number of amides is 2. The number of hydrogen-bond acceptors (Lipinski definition) is 2. The summed E-state index contributed by atoms with van der Waals surface area (Å²) < 4.78 is 0. The van der Waals surface area contributed by atoms with E-state index in [2.05, 4.69) is 19.2 Å². The minimum absolute atomic E-state index is 0.0228. The van der Waals surface area contributed by atoms with Gasteiger partial charge >= 0.3 is 0 Å². The van der Waals surface area contributed by atoms with Crippen molar-refractivity contribution in [1.82, 2.24) is 10.2 Å². The summed E-state index contributed by atoms with van der Waals surface area (Å²) in [6.07, 6.45) is 1.43. The summed E-state index contributed by atoms with van der Waals surface area (Å²) in [6, 6.07) is 0. The van der Waals surface area contributed by atoms with Gasteiger partial charge in [0.1, 0.15) is 0 Å². The first kappa shape index (κ1) is 11.0. The van der Waals surface area contributed by atoms with E-state index in [9.17, 15) is 9.59 Å². The molecule has 1 saturated heterocycles. The predicted molar refractivity (Wildman–Crippen MR) is 53.7 cm³/mol. The minimum atomic E-state index is -0.0228. The van der Waals surface area contributed by atoms with Crippen LogP contribution in [-0.2, 0) is 9.59 Å². The van der Waals surface area contributed by atoms with E-state index in [4.69, 9.17) is 0 Å². The van der Waals surface area contributed by atoms with Gasteiger partial charge in [-0.3, -0.25) is 9.59 Å². The predicted octanol–water partition coefficient (Wildman–Crippen LogP) is 0.381. The first-order chi connectivity index (χ1) is 6.59. The van der Waals surface area contributed by atoms with Crippen LogP contribution in [0.1, 0.15) is 26.7 Å². The molecule has 0 aromatic carbocycles. The average Bonchev–Trinajstić information content (AvgIpc) is 2.27. The fourth-order valence-electron chi connectivity index (χ4n) is 1.39. The third-order valence-corrected chi connectivity index (χ3v) is 2.37. The van der Waals surface area contributed by atoms with Gasteiger partial charge in [0.2, 0.25) is 11.8 Å². The molecule has 1 heterocycles. The van der Waals surface area contributed by atoms with E-state index in [1.54, 1.807) is 4.90 Å². The fraction of sp³-hybridized carbons (Fsp3) is 0.800. The van der Waals surface area contributed by atoms with Crippen LogP contribution in [-0.4, -0.2) is 36.3 Å². The summed E-state index contributed by atoms with van der Waals surface area (Å²) >= 11 is 0. The van der Waals surface area contributed by atoms with Gasteiger partial charge in [-0.15, -0.1) is 0 Å². The van der Waals surface area contributed by atoms with Crippen molar-refractivity contribution >= 4 is 11.8 Å². The molecule has 0 saturated carbocycles.